The van der Waals surface area contributed by atoms with E-state index in [2.05, 4.69) is 53.8 Å². The van der Waals surface area contributed by atoms with Crippen LogP contribution in [0.1, 0.15) is 26.5 Å². The lowest BCUT2D eigenvalue weighted by Gasteiger charge is -2.35. The molecule has 2 heterocycles. The first-order valence-electron chi connectivity index (χ1n) is 12.9. The van der Waals surface area contributed by atoms with Crippen LogP contribution in [0.2, 0.25) is 0 Å². The van der Waals surface area contributed by atoms with Crippen molar-refractivity contribution in [3.63, 3.8) is 0 Å². The van der Waals surface area contributed by atoms with Crippen LogP contribution in [0.25, 0.3) is 27.6 Å². The second-order valence-corrected chi connectivity index (χ2v) is 12.1. The number of nitrogens with one attached hydrogen (secondary N) is 1. The fraction of sp³-hybridized carbons (Fsp3) is 0.393. The number of hydrogen-bond acceptors (Lipinski definition) is 9. The maximum Gasteiger partial charge on any atom is 0.252 e. The van der Waals surface area contributed by atoms with Gasteiger partial charge in [0.25, 0.3) is 10.0 Å². The smallest absolute Gasteiger partial charge is 0.252 e. The lowest BCUT2D eigenvalue weighted by molar-refractivity contribution is -0.0741. The Labute approximate surface area is 238 Å². The van der Waals surface area contributed by atoms with E-state index in [1.165, 1.54) is 5.69 Å². The second-order valence-electron chi connectivity index (χ2n) is 9.58. The minimum Gasteiger partial charge on any atom is -0.394 e. The molecule has 4 N–H and O–H groups in total. The van der Waals surface area contributed by atoms with Gasteiger partial charge in [0.05, 0.1) is 6.61 Å². The molecule has 0 bridgehead atoms. The molecule has 0 radical (unpaired) electrons. The number of sulfonamides is 1. The van der Waals surface area contributed by atoms with E-state index in [1.54, 1.807) is 26.1 Å². The van der Waals surface area contributed by atoms with Gasteiger partial charge in [-0.1, -0.05) is 18.2 Å². The second kappa shape index (κ2) is 12.3. The van der Waals surface area contributed by atoms with Gasteiger partial charge in [-0.25, -0.2) is 8.42 Å². The summed E-state index contributed by atoms with van der Waals surface area (Å²) in [5.41, 5.74) is 3.70. The third kappa shape index (κ3) is 5.77. The molecule has 0 saturated carbocycles. The van der Waals surface area contributed by atoms with E-state index in [1.807, 2.05) is 16.7 Å². The van der Waals surface area contributed by atoms with Crippen LogP contribution in [0.4, 0.5) is 5.69 Å². The number of anilines is 1. The number of aliphatic hydroxyl groups excluding tert-OH is 3. The number of nitriles is 1. The van der Waals surface area contributed by atoms with Crippen molar-refractivity contribution in [1.82, 2.24) is 9.29 Å². The molecular formula is C28H34N4O6S2. The summed E-state index contributed by atoms with van der Waals surface area (Å²) in [4.78, 5) is 1.77. The van der Waals surface area contributed by atoms with Crippen LogP contribution in [0, 0.1) is 11.3 Å². The lowest BCUT2D eigenvalue weighted by Crippen LogP contribution is -2.55. The van der Waals surface area contributed by atoms with Crippen LogP contribution < -0.4 is 9.62 Å². The number of rotatable bonds is 9. The molecule has 1 fully saturated rings. The van der Waals surface area contributed by atoms with Gasteiger partial charge < -0.3 is 29.0 Å². The van der Waals surface area contributed by atoms with Gasteiger partial charge in [0.15, 0.2) is 4.91 Å². The molecule has 0 unspecified atom stereocenters. The SMILES string of the molecule is CCN(CC)c1ccc2cc(-c3ccc(/C(C)=C(\C#N)S(=O)(=O)N[C@H]4SO[C@H](CO)[C@@H](O)[C@@H]4O)n3C)ccc2c1. The minimum atomic E-state index is -4.40. The van der Waals surface area contributed by atoms with E-state index in [4.69, 9.17) is 4.18 Å². The van der Waals surface area contributed by atoms with Gasteiger partial charge >= 0.3 is 0 Å². The standard InChI is InChI=1S/C28H34N4O6S2/c1-5-32(6-2)21-10-9-18-13-20(8-7-19(18)14-21)23-12-11-22(31(23)4)17(3)25(15-29)40(36,37)30-28-27(35)26(34)24(16-33)38-39-28/h7-14,24,26-28,30,33-35H,5-6,16H2,1-4H3/b25-17+/t24-,26-,27+,28+/m1/s1. The number of fused-ring (bicyclic) bond motifs is 1. The zero-order valence-electron chi connectivity index (χ0n) is 22.8. The van der Waals surface area contributed by atoms with Crippen molar-refractivity contribution in [2.45, 2.75) is 44.5 Å². The Morgan fingerprint density at radius 2 is 1.77 bits per heavy atom. The number of nitrogens with zero attached hydrogens (tertiary/aromatic N) is 3. The van der Waals surface area contributed by atoms with E-state index < -0.39 is 45.2 Å². The van der Waals surface area contributed by atoms with E-state index in [0.717, 1.165) is 35.1 Å². The van der Waals surface area contributed by atoms with Gasteiger partial charge in [-0.05, 0) is 67.4 Å². The van der Waals surface area contributed by atoms with Crippen molar-refractivity contribution >= 4 is 44.1 Å². The third-order valence-corrected chi connectivity index (χ3v) is 9.85. The normalized spacial score (nSPS) is 22.1. The maximum atomic E-state index is 13.2. The number of aliphatic hydroxyl groups is 3. The van der Waals surface area contributed by atoms with Gasteiger partial charge in [0.1, 0.15) is 29.8 Å². The molecule has 12 heteroatoms. The Balaban J connectivity index is 1.63. The summed E-state index contributed by atoms with van der Waals surface area (Å²) in [7, 11) is -2.60. The van der Waals surface area contributed by atoms with E-state index >= 15 is 0 Å². The molecule has 1 saturated heterocycles. The minimum absolute atomic E-state index is 0.221. The molecule has 0 spiro atoms. The van der Waals surface area contributed by atoms with Crippen molar-refractivity contribution in [2.75, 3.05) is 24.6 Å². The molecule has 1 aliphatic rings. The van der Waals surface area contributed by atoms with Crippen molar-refractivity contribution in [1.29, 1.82) is 5.26 Å². The molecule has 1 aliphatic heterocycles. The molecule has 10 nitrogen and oxygen atoms in total. The van der Waals surface area contributed by atoms with Crippen molar-refractivity contribution in [3.8, 4) is 17.3 Å². The first-order valence-corrected chi connectivity index (χ1v) is 15.2. The molecule has 4 atom stereocenters. The maximum absolute atomic E-state index is 13.2. The van der Waals surface area contributed by atoms with Crippen molar-refractivity contribution in [3.05, 3.63) is 59.1 Å². The monoisotopic (exact) mass is 586 g/mol. The van der Waals surface area contributed by atoms with Gasteiger partial charge in [-0.2, -0.15) is 9.98 Å². The number of hydrogen-bond donors (Lipinski definition) is 4. The summed E-state index contributed by atoms with van der Waals surface area (Å²) in [6, 6.07) is 17.9. The molecule has 4 rings (SSSR count). The molecule has 1 aromatic heterocycles. The molecular weight excluding hydrogens is 552 g/mol. The van der Waals surface area contributed by atoms with Crippen LogP contribution in [-0.2, 0) is 21.3 Å². The largest absolute Gasteiger partial charge is 0.394 e. The summed E-state index contributed by atoms with van der Waals surface area (Å²) >= 11 is 0.580. The zero-order chi connectivity index (χ0) is 29.2. The Kier molecular flexibility index (Phi) is 9.26. The molecule has 2 aromatic carbocycles. The van der Waals surface area contributed by atoms with Gasteiger partial charge in [0.2, 0.25) is 0 Å². The Morgan fingerprint density at radius 3 is 2.42 bits per heavy atom. The number of benzene rings is 2. The fourth-order valence-corrected chi connectivity index (χ4v) is 7.34. The lowest BCUT2D eigenvalue weighted by atomic mass is 10.0. The van der Waals surface area contributed by atoms with E-state index in [-0.39, 0.29) is 5.57 Å². The fourth-order valence-electron chi connectivity index (χ4n) is 4.90. The summed E-state index contributed by atoms with van der Waals surface area (Å²) in [5, 5.41) is 40.4. The first kappa shape index (κ1) is 30.1. The third-order valence-electron chi connectivity index (χ3n) is 7.24. The van der Waals surface area contributed by atoms with Crippen LogP contribution in [0.15, 0.2) is 53.4 Å². The molecule has 0 aliphatic carbocycles. The van der Waals surface area contributed by atoms with Crippen LogP contribution in [0.5, 0.6) is 0 Å². The average Bonchev–Trinajstić information content (AvgIpc) is 3.33. The molecule has 40 heavy (non-hydrogen) atoms. The van der Waals surface area contributed by atoms with Crippen molar-refractivity contribution < 1.29 is 27.9 Å². The molecule has 214 valence electrons. The topological polar surface area (TPSA) is 148 Å². The Bertz CT molecular complexity index is 1560. The van der Waals surface area contributed by atoms with Crippen LogP contribution in [-0.4, -0.2) is 71.7 Å². The van der Waals surface area contributed by atoms with Crippen LogP contribution >= 0.6 is 12.0 Å². The van der Waals surface area contributed by atoms with E-state index in [0.29, 0.717) is 17.7 Å². The summed E-state index contributed by atoms with van der Waals surface area (Å²) < 4.78 is 35.6. The average molecular weight is 587 g/mol. The number of aromatic nitrogens is 1. The summed E-state index contributed by atoms with van der Waals surface area (Å²) in [6.45, 7) is 7.11. The van der Waals surface area contributed by atoms with Gasteiger partial charge in [0, 0.05) is 54.8 Å². The predicted octanol–water partition coefficient (Wildman–Crippen LogP) is 2.95. The highest BCUT2D eigenvalue weighted by Crippen LogP contribution is 2.33. The quantitative estimate of drug-likeness (QED) is 0.219. The predicted molar refractivity (Wildman–Crippen MR) is 158 cm³/mol. The highest BCUT2D eigenvalue weighted by atomic mass is 32.2. The molecule has 0 amide bonds. The van der Waals surface area contributed by atoms with Gasteiger partial charge in [-0.15, -0.1) is 0 Å². The highest BCUT2D eigenvalue weighted by molar-refractivity contribution is 7.98. The van der Waals surface area contributed by atoms with Crippen molar-refractivity contribution in [2.24, 2.45) is 7.05 Å². The molecule has 3 aromatic rings. The highest BCUT2D eigenvalue weighted by Gasteiger charge is 2.42. The van der Waals surface area contributed by atoms with Gasteiger partial charge in [-0.3, -0.25) is 0 Å². The van der Waals surface area contributed by atoms with Crippen LogP contribution in [0.3, 0.4) is 0 Å². The summed E-state index contributed by atoms with van der Waals surface area (Å²) in [5.74, 6) is 0. The Hall–Kier alpha value is -2.89. The van der Waals surface area contributed by atoms with E-state index in [9.17, 15) is 29.0 Å². The summed E-state index contributed by atoms with van der Waals surface area (Å²) in [6.07, 6.45) is -4.12. The first-order chi connectivity index (χ1) is 19.1. The number of allylic oxidation sites excluding steroid dienone is 2. The zero-order valence-corrected chi connectivity index (χ0v) is 24.4. The Morgan fingerprint density at radius 1 is 1.10 bits per heavy atom.